The predicted molar refractivity (Wildman–Crippen MR) is 68.2 cm³/mol. The lowest BCUT2D eigenvalue weighted by Gasteiger charge is -2.02. The van der Waals surface area contributed by atoms with Crippen LogP contribution in [-0.2, 0) is 0 Å². The third kappa shape index (κ3) is 1.94. The standard InChI is InChI=1S/C10H7ClN6O3/c11-5-1-3-6(4-2-5)17-9(16-19-10(17)18)7-8(13-12)15-20-14-7/h1-4H,12H2,(H,13,15). The second-order valence-corrected chi connectivity index (χ2v) is 4.13. The quantitative estimate of drug-likeness (QED) is 0.537. The molecule has 3 rings (SSSR count). The van der Waals surface area contributed by atoms with Crippen molar-refractivity contribution in [1.82, 2.24) is 20.0 Å². The molecule has 0 unspecified atom stereocenters. The molecule has 0 aliphatic rings. The van der Waals surface area contributed by atoms with Gasteiger partial charge in [-0.3, -0.25) is 4.52 Å². The highest BCUT2D eigenvalue weighted by Crippen LogP contribution is 2.23. The van der Waals surface area contributed by atoms with Gasteiger partial charge in [0.05, 0.1) is 5.69 Å². The number of aromatic nitrogens is 4. The van der Waals surface area contributed by atoms with Gasteiger partial charge in [-0.2, -0.15) is 0 Å². The molecule has 0 aliphatic heterocycles. The number of nitrogens with two attached hydrogens (primary N) is 1. The molecule has 2 heterocycles. The van der Waals surface area contributed by atoms with Gasteiger partial charge in [-0.25, -0.2) is 19.8 Å². The average Bonchev–Trinajstić information content (AvgIpc) is 3.05. The van der Waals surface area contributed by atoms with Gasteiger partial charge in [-0.1, -0.05) is 16.8 Å². The summed E-state index contributed by atoms with van der Waals surface area (Å²) in [5.41, 5.74) is 2.93. The molecule has 0 fully saturated rings. The Kier molecular flexibility index (Phi) is 2.97. The molecule has 20 heavy (non-hydrogen) atoms. The molecule has 0 saturated heterocycles. The van der Waals surface area contributed by atoms with Gasteiger partial charge in [0.2, 0.25) is 11.6 Å². The van der Waals surface area contributed by atoms with Gasteiger partial charge in [-0.15, -0.1) is 0 Å². The summed E-state index contributed by atoms with van der Waals surface area (Å²) in [7, 11) is 0. The molecule has 0 radical (unpaired) electrons. The van der Waals surface area contributed by atoms with Crippen molar-refractivity contribution in [3.05, 3.63) is 39.8 Å². The van der Waals surface area contributed by atoms with Crippen molar-refractivity contribution in [3.8, 4) is 17.2 Å². The minimum Gasteiger partial charge on any atom is -0.304 e. The van der Waals surface area contributed by atoms with E-state index in [9.17, 15) is 4.79 Å². The monoisotopic (exact) mass is 294 g/mol. The Bertz CT molecular complexity index is 790. The zero-order chi connectivity index (χ0) is 14.1. The molecule has 0 saturated carbocycles. The number of anilines is 1. The number of nitrogens with one attached hydrogen (secondary N) is 1. The van der Waals surface area contributed by atoms with Crippen molar-refractivity contribution < 1.29 is 9.15 Å². The Labute approximate surface area is 115 Å². The van der Waals surface area contributed by atoms with E-state index < -0.39 is 5.76 Å². The molecular weight excluding hydrogens is 288 g/mol. The first-order valence-corrected chi connectivity index (χ1v) is 5.72. The Hall–Kier alpha value is -2.65. The first kappa shape index (κ1) is 12.4. The van der Waals surface area contributed by atoms with Crippen LogP contribution in [0.25, 0.3) is 17.2 Å². The van der Waals surface area contributed by atoms with E-state index in [1.807, 2.05) is 0 Å². The number of halogens is 1. The fourth-order valence-electron chi connectivity index (χ4n) is 1.65. The van der Waals surface area contributed by atoms with Crippen LogP contribution in [0.4, 0.5) is 5.82 Å². The SMILES string of the molecule is NNc1nonc1-c1noc(=O)n1-c1ccc(Cl)cc1. The number of hydrogen-bond acceptors (Lipinski definition) is 8. The van der Waals surface area contributed by atoms with Crippen LogP contribution in [0.3, 0.4) is 0 Å². The van der Waals surface area contributed by atoms with Gasteiger partial charge in [-0.05, 0) is 34.6 Å². The number of hydrazine groups is 1. The molecule has 9 nitrogen and oxygen atoms in total. The second-order valence-electron chi connectivity index (χ2n) is 3.69. The molecule has 0 spiro atoms. The zero-order valence-electron chi connectivity index (χ0n) is 9.78. The summed E-state index contributed by atoms with van der Waals surface area (Å²) in [6, 6.07) is 6.52. The molecule has 0 bridgehead atoms. The third-order valence-corrected chi connectivity index (χ3v) is 2.78. The van der Waals surface area contributed by atoms with Crippen LogP contribution in [0.15, 0.2) is 38.2 Å². The van der Waals surface area contributed by atoms with Crippen molar-refractivity contribution in [2.75, 3.05) is 5.43 Å². The summed E-state index contributed by atoms with van der Waals surface area (Å²) < 4.78 is 10.4. The van der Waals surface area contributed by atoms with Gasteiger partial charge < -0.3 is 5.43 Å². The fourth-order valence-corrected chi connectivity index (χ4v) is 1.77. The maximum absolute atomic E-state index is 11.8. The third-order valence-electron chi connectivity index (χ3n) is 2.53. The van der Waals surface area contributed by atoms with Crippen molar-refractivity contribution in [1.29, 1.82) is 0 Å². The number of hydrogen-bond donors (Lipinski definition) is 2. The summed E-state index contributed by atoms with van der Waals surface area (Å²) in [5.74, 6) is 4.81. The summed E-state index contributed by atoms with van der Waals surface area (Å²) in [6.45, 7) is 0. The van der Waals surface area contributed by atoms with Crippen LogP contribution >= 0.6 is 11.6 Å². The van der Waals surface area contributed by atoms with E-state index in [2.05, 4.69) is 30.0 Å². The lowest BCUT2D eigenvalue weighted by molar-refractivity contribution is 0.309. The van der Waals surface area contributed by atoms with Crippen LogP contribution in [0.1, 0.15) is 0 Å². The average molecular weight is 295 g/mol. The molecule has 2 aromatic heterocycles. The highest BCUT2D eigenvalue weighted by atomic mass is 35.5. The van der Waals surface area contributed by atoms with E-state index >= 15 is 0 Å². The van der Waals surface area contributed by atoms with Crippen molar-refractivity contribution in [3.63, 3.8) is 0 Å². The molecule has 10 heteroatoms. The van der Waals surface area contributed by atoms with E-state index in [4.69, 9.17) is 17.4 Å². The highest BCUT2D eigenvalue weighted by molar-refractivity contribution is 6.30. The number of benzene rings is 1. The number of nitrogen functional groups attached to an aromatic ring is 1. The van der Waals surface area contributed by atoms with E-state index in [1.165, 1.54) is 4.57 Å². The number of rotatable bonds is 3. The molecule has 102 valence electrons. The van der Waals surface area contributed by atoms with Crippen molar-refractivity contribution >= 4 is 17.4 Å². The van der Waals surface area contributed by atoms with Crippen molar-refractivity contribution in [2.24, 2.45) is 5.84 Å². The molecule has 0 atom stereocenters. The Morgan fingerprint density at radius 3 is 2.65 bits per heavy atom. The van der Waals surface area contributed by atoms with Crippen LogP contribution < -0.4 is 17.0 Å². The molecule has 1 aromatic carbocycles. The largest absolute Gasteiger partial charge is 0.446 e. The van der Waals surface area contributed by atoms with Gasteiger partial charge in [0.25, 0.3) is 0 Å². The maximum atomic E-state index is 11.8. The fraction of sp³-hybridized carbons (Fsp3) is 0. The first-order chi connectivity index (χ1) is 9.70. The van der Waals surface area contributed by atoms with E-state index in [-0.39, 0.29) is 17.3 Å². The number of nitrogens with zero attached hydrogens (tertiary/aromatic N) is 4. The van der Waals surface area contributed by atoms with E-state index in [1.54, 1.807) is 24.3 Å². The molecule has 3 N–H and O–H groups in total. The topological polar surface area (TPSA) is 125 Å². The van der Waals surface area contributed by atoms with Crippen LogP contribution in [0.5, 0.6) is 0 Å². The van der Waals surface area contributed by atoms with Gasteiger partial charge in [0.15, 0.2) is 5.69 Å². The zero-order valence-corrected chi connectivity index (χ0v) is 10.5. The Morgan fingerprint density at radius 1 is 1.20 bits per heavy atom. The molecule has 0 aliphatic carbocycles. The molecular formula is C10H7ClN6O3. The van der Waals surface area contributed by atoms with Crippen LogP contribution in [0.2, 0.25) is 5.02 Å². The summed E-state index contributed by atoms with van der Waals surface area (Å²) >= 11 is 5.81. The highest BCUT2D eigenvalue weighted by Gasteiger charge is 2.22. The summed E-state index contributed by atoms with van der Waals surface area (Å²) in [6.07, 6.45) is 0. The van der Waals surface area contributed by atoms with E-state index in [0.29, 0.717) is 10.7 Å². The maximum Gasteiger partial charge on any atom is 0.446 e. The smallest absolute Gasteiger partial charge is 0.304 e. The van der Waals surface area contributed by atoms with E-state index in [0.717, 1.165) is 0 Å². The van der Waals surface area contributed by atoms with Gasteiger partial charge in [0.1, 0.15) is 0 Å². The van der Waals surface area contributed by atoms with Crippen molar-refractivity contribution in [2.45, 2.75) is 0 Å². The van der Waals surface area contributed by atoms with Gasteiger partial charge >= 0.3 is 5.76 Å². The van der Waals surface area contributed by atoms with Gasteiger partial charge in [0, 0.05) is 5.02 Å². The second kappa shape index (κ2) is 4.79. The van der Waals surface area contributed by atoms with Crippen LogP contribution in [0, 0.1) is 0 Å². The molecule has 3 aromatic rings. The normalized spacial score (nSPS) is 10.7. The van der Waals surface area contributed by atoms with Crippen LogP contribution in [-0.4, -0.2) is 20.0 Å². The minimum atomic E-state index is -0.687. The Morgan fingerprint density at radius 2 is 1.95 bits per heavy atom. The molecule has 0 amide bonds. The first-order valence-electron chi connectivity index (χ1n) is 5.35. The minimum absolute atomic E-state index is 0.103. The summed E-state index contributed by atoms with van der Waals surface area (Å²) in [4.78, 5) is 11.8. The Balaban J connectivity index is 2.20. The lowest BCUT2D eigenvalue weighted by atomic mass is 10.3. The lowest BCUT2D eigenvalue weighted by Crippen LogP contribution is -2.14. The predicted octanol–water partition coefficient (Wildman–Crippen LogP) is 0.815. The summed E-state index contributed by atoms with van der Waals surface area (Å²) in [5, 5.41) is 11.4.